The van der Waals surface area contributed by atoms with E-state index in [4.69, 9.17) is 10.5 Å². The Hall–Kier alpha value is -1.39. The van der Waals surface area contributed by atoms with E-state index in [0.717, 1.165) is 22.6 Å². The van der Waals surface area contributed by atoms with E-state index in [1.807, 2.05) is 24.6 Å². The number of nitrogens with zero attached hydrogens (tertiary/aromatic N) is 1. The summed E-state index contributed by atoms with van der Waals surface area (Å²) in [5.74, 6) is 0.841. The summed E-state index contributed by atoms with van der Waals surface area (Å²) in [5, 5.41) is 0. The first-order chi connectivity index (χ1) is 7.76. The lowest BCUT2D eigenvalue weighted by atomic mass is 10.1. The summed E-state index contributed by atoms with van der Waals surface area (Å²) in [6.45, 7) is 2.50. The fraction of sp³-hybridized carbons (Fsp3) is 0.250. The maximum Gasteiger partial charge on any atom is 0.123 e. The third kappa shape index (κ3) is 1.94. The Labute approximate surface area is 98.9 Å². The normalized spacial score (nSPS) is 10.4. The van der Waals surface area contributed by atoms with Gasteiger partial charge in [-0.25, -0.2) is 4.98 Å². The molecule has 1 heterocycles. The summed E-state index contributed by atoms with van der Waals surface area (Å²) in [5.41, 5.74) is 10.7. The van der Waals surface area contributed by atoms with E-state index < -0.39 is 0 Å². The average Bonchev–Trinajstić information content (AvgIpc) is 2.74. The summed E-state index contributed by atoms with van der Waals surface area (Å²) in [7, 11) is 1.66. The molecule has 84 valence electrons. The van der Waals surface area contributed by atoms with Crippen LogP contribution >= 0.6 is 11.3 Å². The summed E-state index contributed by atoms with van der Waals surface area (Å²) in [4.78, 5) is 5.43. The first-order valence-electron chi connectivity index (χ1n) is 5.03. The monoisotopic (exact) mass is 234 g/mol. The van der Waals surface area contributed by atoms with Crippen molar-refractivity contribution >= 4 is 11.3 Å². The number of rotatable bonds is 3. The van der Waals surface area contributed by atoms with E-state index in [1.54, 1.807) is 18.4 Å². The fourth-order valence-corrected chi connectivity index (χ4v) is 2.44. The molecule has 0 bridgehead atoms. The van der Waals surface area contributed by atoms with Crippen molar-refractivity contribution in [3.05, 3.63) is 35.0 Å². The van der Waals surface area contributed by atoms with Gasteiger partial charge in [-0.05, 0) is 18.6 Å². The number of hydrogen-bond acceptors (Lipinski definition) is 4. The predicted molar refractivity (Wildman–Crippen MR) is 66.7 cm³/mol. The maximum absolute atomic E-state index is 5.64. The highest BCUT2D eigenvalue weighted by Gasteiger charge is 2.08. The SMILES string of the molecule is COc1cc(-c2scnc2C)ccc1CN. The third-order valence-corrected chi connectivity index (χ3v) is 3.49. The van der Waals surface area contributed by atoms with Crippen molar-refractivity contribution in [2.24, 2.45) is 5.73 Å². The van der Waals surface area contributed by atoms with Gasteiger partial charge >= 0.3 is 0 Å². The molecule has 0 saturated carbocycles. The quantitative estimate of drug-likeness (QED) is 0.888. The summed E-state index contributed by atoms with van der Waals surface area (Å²) >= 11 is 1.64. The number of aryl methyl sites for hydroxylation is 1. The van der Waals surface area contributed by atoms with E-state index in [-0.39, 0.29) is 0 Å². The predicted octanol–water partition coefficient (Wildman–Crippen LogP) is 2.59. The molecule has 16 heavy (non-hydrogen) atoms. The van der Waals surface area contributed by atoms with Crippen molar-refractivity contribution in [3.63, 3.8) is 0 Å². The molecule has 0 fully saturated rings. The zero-order valence-electron chi connectivity index (χ0n) is 9.36. The average molecular weight is 234 g/mol. The Morgan fingerprint density at radius 3 is 2.81 bits per heavy atom. The van der Waals surface area contributed by atoms with Gasteiger partial charge < -0.3 is 10.5 Å². The minimum atomic E-state index is 0.491. The molecule has 0 amide bonds. The van der Waals surface area contributed by atoms with Crippen molar-refractivity contribution in [2.75, 3.05) is 7.11 Å². The molecule has 2 aromatic rings. The number of aromatic nitrogens is 1. The second kappa shape index (κ2) is 4.63. The molecular formula is C12H14N2OS. The number of hydrogen-bond donors (Lipinski definition) is 1. The highest BCUT2D eigenvalue weighted by atomic mass is 32.1. The molecule has 3 nitrogen and oxygen atoms in total. The Balaban J connectivity index is 2.48. The van der Waals surface area contributed by atoms with Crippen LogP contribution in [0.15, 0.2) is 23.7 Å². The molecular weight excluding hydrogens is 220 g/mol. The maximum atomic E-state index is 5.64. The van der Waals surface area contributed by atoms with Crippen molar-refractivity contribution in [2.45, 2.75) is 13.5 Å². The van der Waals surface area contributed by atoms with Gasteiger partial charge in [0.2, 0.25) is 0 Å². The zero-order valence-corrected chi connectivity index (χ0v) is 10.2. The van der Waals surface area contributed by atoms with Crippen LogP contribution in [0.3, 0.4) is 0 Å². The first-order valence-corrected chi connectivity index (χ1v) is 5.91. The van der Waals surface area contributed by atoms with E-state index in [0.29, 0.717) is 6.54 Å². The van der Waals surface area contributed by atoms with Gasteiger partial charge in [-0.2, -0.15) is 0 Å². The van der Waals surface area contributed by atoms with Crippen molar-refractivity contribution in [3.8, 4) is 16.2 Å². The second-order valence-electron chi connectivity index (χ2n) is 3.50. The Morgan fingerprint density at radius 1 is 1.44 bits per heavy atom. The number of nitrogens with two attached hydrogens (primary N) is 1. The largest absolute Gasteiger partial charge is 0.496 e. The van der Waals surface area contributed by atoms with Gasteiger partial charge in [-0.3, -0.25) is 0 Å². The van der Waals surface area contributed by atoms with Crippen LogP contribution in [0.25, 0.3) is 10.4 Å². The van der Waals surface area contributed by atoms with Crippen LogP contribution in [0.1, 0.15) is 11.3 Å². The Bertz CT molecular complexity index is 494. The van der Waals surface area contributed by atoms with Gasteiger partial charge in [0.1, 0.15) is 5.75 Å². The molecule has 1 aromatic heterocycles. The second-order valence-corrected chi connectivity index (χ2v) is 4.35. The molecule has 0 radical (unpaired) electrons. The van der Waals surface area contributed by atoms with Crippen LogP contribution < -0.4 is 10.5 Å². The number of methoxy groups -OCH3 is 1. The summed E-state index contributed by atoms with van der Waals surface area (Å²) in [6.07, 6.45) is 0. The van der Waals surface area contributed by atoms with Crippen LogP contribution in [-0.2, 0) is 6.54 Å². The number of benzene rings is 1. The highest BCUT2D eigenvalue weighted by molar-refractivity contribution is 7.13. The molecule has 0 unspecified atom stereocenters. The van der Waals surface area contributed by atoms with E-state index in [9.17, 15) is 0 Å². The minimum absolute atomic E-state index is 0.491. The first kappa shape index (κ1) is 11.1. The van der Waals surface area contributed by atoms with Crippen LogP contribution in [0, 0.1) is 6.92 Å². The molecule has 0 spiro atoms. The van der Waals surface area contributed by atoms with Crippen molar-refractivity contribution in [1.29, 1.82) is 0 Å². The van der Waals surface area contributed by atoms with Crippen LogP contribution in [-0.4, -0.2) is 12.1 Å². The lowest BCUT2D eigenvalue weighted by molar-refractivity contribution is 0.410. The van der Waals surface area contributed by atoms with E-state index in [1.165, 1.54) is 4.88 Å². The molecule has 0 aliphatic carbocycles. The van der Waals surface area contributed by atoms with Gasteiger partial charge in [-0.1, -0.05) is 12.1 Å². The Morgan fingerprint density at radius 2 is 2.25 bits per heavy atom. The van der Waals surface area contributed by atoms with Gasteiger partial charge in [0.05, 0.1) is 23.2 Å². The van der Waals surface area contributed by atoms with E-state index in [2.05, 4.69) is 11.1 Å². The molecule has 2 N–H and O–H groups in total. The van der Waals surface area contributed by atoms with Gasteiger partial charge in [0, 0.05) is 12.1 Å². The lowest BCUT2D eigenvalue weighted by Crippen LogP contribution is -1.99. The lowest BCUT2D eigenvalue weighted by Gasteiger charge is -2.08. The van der Waals surface area contributed by atoms with Crippen LogP contribution in [0.4, 0.5) is 0 Å². The molecule has 0 aliphatic rings. The van der Waals surface area contributed by atoms with Crippen LogP contribution in [0.5, 0.6) is 5.75 Å². The molecule has 2 rings (SSSR count). The molecule has 1 aromatic carbocycles. The van der Waals surface area contributed by atoms with Crippen molar-refractivity contribution in [1.82, 2.24) is 4.98 Å². The van der Waals surface area contributed by atoms with Gasteiger partial charge in [0.15, 0.2) is 0 Å². The van der Waals surface area contributed by atoms with Crippen molar-refractivity contribution < 1.29 is 4.74 Å². The standard InChI is InChI=1S/C12H14N2OS/c1-8-12(16-7-14-8)9-3-4-10(6-13)11(5-9)15-2/h3-5,7H,6,13H2,1-2H3. The zero-order chi connectivity index (χ0) is 11.5. The summed E-state index contributed by atoms with van der Waals surface area (Å²) < 4.78 is 5.32. The topological polar surface area (TPSA) is 48.1 Å². The van der Waals surface area contributed by atoms with Gasteiger partial charge in [-0.15, -0.1) is 11.3 Å². The Kier molecular flexibility index (Phi) is 3.22. The summed E-state index contributed by atoms with van der Waals surface area (Å²) in [6, 6.07) is 6.08. The minimum Gasteiger partial charge on any atom is -0.496 e. The highest BCUT2D eigenvalue weighted by Crippen LogP contribution is 2.31. The van der Waals surface area contributed by atoms with Gasteiger partial charge in [0.25, 0.3) is 0 Å². The molecule has 0 saturated heterocycles. The molecule has 0 aliphatic heterocycles. The molecule has 4 heteroatoms. The number of ether oxygens (including phenoxy) is 1. The van der Waals surface area contributed by atoms with Crippen LogP contribution in [0.2, 0.25) is 0 Å². The third-order valence-electron chi connectivity index (χ3n) is 2.51. The molecule has 0 atom stereocenters. The fourth-order valence-electron chi connectivity index (χ4n) is 1.63. The van der Waals surface area contributed by atoms with E-state index >= 15 is 0 Å². The smallest absolute Gasteiger partial charge is 0.123 e. The number of thiazole rings is 1.